The molecule has 0 aromatic heterocycles. The molecule has 2 atom stereocenters. The fourth-order valence-electron chi connectivity index (χ4n) is 4.02. The molecule has 2 fully saturated rings. The van der Waals surface area contributed by atoms with Gasteiger partial charge in [0, 0.05) is 25.8 Å². The number of likely N-dealkylation sites (tertiary alicyclic amines) is 1. The van der Waals surface area contributed by atoms with E-state index in [1.165, 1.54) is 58.0 Å². The van der Waals surface area contributed by atoms with Gasteiger partial charge in [-0.2, -0.15) is 0 Å². The first-order valence-electron chi connectivity index (χ1n) is 8.14. The van der Waals surface area contributed by atoms with Crippen LogP contribution in [-0.4, -0.2) is 43.8 Å². The molecule has 1 aliphatic carbocycles. The molecular weight excluding hydrogens is 236 g/mol. The van der Waals surface area contributed by atoms with Crippen LogP contribution in [0.5, 0.6) is 0 Å². The van der Waals surface area contributed by atoms with Gasteiger partial charge < -0.3 is 10.5 Å². The number of nitrogens with zero attached hydrogens (tertiary/aromatic N) is 1. The van der Waals surface area contributed by atoms with Crippen LogP contribution in [0.25, 0.3) is 0 Å². The molecule has 19 heavy (non-hydrogen) atoms. The minimum Gasteiger partial charge on any atom is -0.384 e. The molecule has 0 amide bonds. The van der Waals surface area contributed by atoms with Gasteiger partial charge in [-0.1, -0.05) is 19.8 Å². The number of nitrogens with two attached hydrogens (primary N) is 1. The van der Waals surface area contributed by atoms with E-state index in [4.69, 9.17) is 10.5 Å². The van der Waals surface area contributed by atoms with Crippen LogP contribution in [0, 0.1) is 11.8 Å². The highest BCUT2D eigenvalue weighted by atomic mass is 16.5. The molecule has 3 heteroatoms. The molecule has 0 aromatic carbocycles. The summed E-state index contributed by atoms with van der Waals surface area (Å²) >= 11 is 0. The Morgan fingerprint density at radius 3 is 2.53 bits per heavy atom. The summed E-state index contributed by atoms with van der Waals surface area (Å²) in [7, 11) is 1.82. The van der Waals surface area contributed by atoms with E-state index in [0.29, 0.717) is 5.54 Å². The average molecular weight is 268 g/mol. The standard InChI is InChI=1S/C16H32N2O/c1-14-4-3-8-16(13-17,9-5-14)18-10-6-15(7-11-18)12-19-2/h14-15H,3-13,17H2,1-2H3. The second-order valence-electron chi connectivity index (χ2n) is 6.85. The smallest absolute Gasteiger partial charge is 0.0491 e. The monoisotopic (exact) mass is 268 g/mol. The van der Waals surface area contributed by atoms with E-state index in [0.717, 1.165) is 25.0 Å². The van der Waals surface area contributed by atoms with Crippen molar-refractivity contribution in [2.45, 2.75) is 57.4 Å². The van der Waals surface area contributed by atoms with E-state index in [-0.39, 0.29) is 0 Å². The Labute approximate surface area is 118 Å². The Kier molecular flexibility index (Phi) is 5.67. The van der Waals surface area contributed by atoms with Crippen LogP contribution in [0.1, 0.15) is 51.9 Å². The van der Waals surface area contributed by atoms with E-state index >= 15 is 0 Å². The molecule has 1 aliphatic heterocycles. The van der Waals surface area contributed by atoms with Gasteiger partial charge in [0.25, 0.3) is 0 Å². The number of hydrogen-bond donors (Lipinski definition) is 1. The van der Waals surface area contributed by atoms with E-state index < -0.39 is 0 Å². The first-order valence-corrected chi connectivity index (χ1v) is 8.14. The molecular formula is C16H32N2O. The molecule has 2 aliphatic rings. The third kappa shape index (κ3) is 3.71. The minimum absolute atomic E-state index is 0.308. The van der Waals surface area contributed by atoms with E-state index in [9.17, 15) is 0 Å². The highest BCUT2D eigenvalue weighted by Crippen LogP contribution is 2.36. The molecule has 1 heterocycles. The van der Waals surface area contributed by atoms with Crippen LogP contribution in [0.4, 0.5) is 0 Å². The minimum atomic E-state index is 0.308. The third-order valence-electron chi connectivity index (χ3n) is 5.51. The maximum atomic E-state index is 6.21. The molecule has 2 unspecified atom stereocenters. The largest absolute Gasteiger partial charge is 0.384 e. The molecule has 2 rings (SSSR count). The zero-order chi connectivity index (χ0) is 13.7. The molecule has 2 N–H and O–H groups in total. The van der Waals surface area contributed by atoms with Crippen LogP contribution in [0.15, 0.2) is 0 Å². The topological polar surface area (TPSA) is 38.5 Å². The van der Waals surface area contributed by atoms with Gasteiger partial charge in [-0.3, -0.25) is 4.90 Å². The van der Waals surface area contributed by atoms with Gasteiger partial charge in [-0.05, 0) is 57.0 Å². The molecule has 1 saturated carbocycles. The molecule has 3 nitrogen and oxygen atoms in total. The maximum absolute atomic E-state index is 6.21. The summed E-state index contributed by atoms with van der Waals surface area (Å²) in [5.41, 5.74) is 6.52. The molecule has 112 valence electrons. The van der Waals surface area contributed by atoms with Crippen molar-refractivity contribution in [1.82, 2.24) is 4.90 Å². The van der Waals surface area contributed by atoms with Crippen molar-refractivity contribution >= 4 is 0 Å². The van der Waals surface area contributed by atoms with Crippen molar-refractivity contribution in [1.29, 1.82) is 0 Å². The fourth-order valence-corrected chi connectivity index (χ4v) is 4.02. The zero-order valence-corrected chi connectivity index (χ0v) is 12.9. The lowest BCUT2D eigenvalue weighted by Crippen LogP contribution is -2.56. The van der Waals surface area contributed by atoms with Gasteiger partial charge in [-0.25, -0.2) is 0 Å². The summed E-state index contributed by atoms with van der Waals surface area (Å²) in [6.07, 6.45) is 9.28. The molecule has 0 spiro atoms. The number of ether oxygens (including phenoxy) is 1. The van der Waals surface area contributed by atoms with E-state index in [1.807, 2.05) is 7.11 Å². The Bertz CT molecular complexity index is 263. The van der Waals surface area contributed by atoms with Crippen LogP contribution >= 0.6 is 0 Å². The average Bonchev–Trinajstić information content (AvgIpc) is 2.63. The van der Waals surface area contributed by atoms with Crippen LogP contribution in [-0.2, 0) is 4.74 Å². The second-order valence-corrected chi connectivity index (χ2v) is 6.85. The summed E-state index contributed by atoms with van der Waals surface area (Å²) in [5.74, 6) is 1.65. The normalized spacial score (nSPS) is 35.2. The van der Waals surface area contributed by atoms with Crippen molar-refractivity contribution in [3.8, 4) is 0 Å². The van der Waals surface area contributed by atoms with E-state index in [1.54, 1.807) is 0 Å². The Morgan fingerprint density at radius 2 is 1.89 bits per heavy atom. The predicted octanol–water partition coefficient (Wildman–Crippen LogP) is 2.64. The van der Waals surface area contributed by atoms with E-state index in [2.05, 4.69) is 11.8 Å². The van der Waals surface area contributed by atoms with Crippen molar-refractivity contribution in [3.63, 3.8) is 0 Å². The second kappa shape index (κ2) is 7.05. The van der Waals surface area contributed by atoms with Crippen LogP contribution < -0.4 is 5.73 Å². The lowest BCUT2D eigenvalue weighted by molar-refractivity contribution is 0.0244. The van der Waals surface area contributed by atoms with Crippen molar-refractivity contribution in [3.05, 3.63) is 0 Å². The fraction of sp³-hybridized carbons (Fsp3) is 1.00. The van der Waals surface area contributed by atoms with Gasteiger partial charge >= 0.3 is 0 Å². The predicted molar refractivity (Wildman–Crippen MR) is 80.2 cm³/mol. The first-order chi connectivity index (χ1) is 9.20. The summed E-state index contributed by atoms with van der Waals surface area (Å²) in [6, 6.07) is 0. The Hall–Kier alpha value is -0.120. The van der Waals surface area contributed by atoms with Gasteiger partial charge in [0.2, 0.25) is 0 Å². The summed E-state index contributed by atoms with van der Waals surface area (Å²) in [4.78, 5) is 2.72. The number of methoxy groups -OCH3 is 1. The Morgan fingerprint density at radius 1 is 1.16 bits per heavy atom. The lowest BCUT2D eigenvalue weighted by atomic mass is 9.84. The molecule has 1 saturated heterocycles. The Balaban J connectivity index is 1.94. The quantitative estimate of drug-likeness (QED) is 0.797. The maximum Gasteiger partial charge on any atom is 0.0491 e. The van der Waals surface area contributed by atoms with Gasteiger partial charge in [0.05, 0.1) is 0 Å². The van der Waals surface area contributed by atoms with Crippen LogP contribution in [0.3, 0.4) is 0 Å². The summed E-state index contributed by atoms with van der Waals surface area (Å²) in [6.45, 7) is 6.62. The number of hydrogen-bond acceptors (Lipinski definition) is 3. The SMILES string of the molecule is COCC1CCN(C2(CN)CCCC(C)CC2)CC1. The lowest BCUT2D eigenvalue weighted by Gasteiger charge is -2.46. The van der Waals surface area contributed by atoms with Crippen molar-refractivity contribution in [2.75, 3.05) is 33.4 Å². The zero-order valence-electron chi connectivity index (χ0n) is 12.9. The summed E-state index contributed by atoms with van der Waals surface area (Å²) < 4.78 is 5.30. The van der Waals surface area contributed by atoms with Crippen molar-refractivity contribution < 1.29 is 4.74 Å². The number of rotatable bonds is 4. The molecule has 0 aromatic rings. The number of piperidine rings is 1. The summed E-state index contributed by atoms with van der Waals surface area (Å²) in [5, 5.41) is 0. The van der Waals surface area contributed by atoms with Gasteiger partial charge in [0.1, 0.15) is 0 Å². The van der Waals surface area contributed by atoms with Gasteiger partial charge in [0.15, 0.2) is 0 Å². The third-order valence-corrected chi connectivity index (χ3v) is 5.51. The van der Waals surface area contributed by atoms with Crippen molar-refractivity contribution in [2.24, 2.45) is 17.6 Å². The highest BCUT2D eigenvalue weighted by molar-refractivity contribution is 4.95. The highest BCUT2D eigenvalue weighted by Gasteiger charge is 2.38. The van der Waals surface area contributed by atoms with Crippen LogP contribution in [0.2, 0.25) is 0 Å². The molecule has 0 bridgehead atoms. The molecule has 0 radical (unpaired) electrons. The van der Waals surface area contributed by atoms with Gasteiger partial charge in [-0.15, -0.1) is 0 Å². The first kappa shape index (κ1) is 15.3.